The van der Waals surface area contributed by atoms with Crippen LogP contribution in [0.15, 0.2) is 48.8 Å². The van der Waals surface area contributed by atoms with Crippen molar-refractivity contribution in [3.8, 4) is 17.1 Å². The summed E-state index contributed by atoms with van der Waals surface area (Å²) in [7, 11) is 0. The molecule has 3 aromatic rings. The van der Waals surface area contributed by atoms with E-state index in [-0.39, 0.29) is 6.10 Å². The Morgan fingerprint density at radius 2 is 1.89 bits per heavy atom. The first-order chi connectivity index (χ1) is 13.1. The maximum absolute atomic E-state index is 9.95. The fourth-order valence-electron chi connectivity index (χ4n) is 3.36. The molecule has 1 aromatic carbocycles. The van der Waals surface area contributed by atoms with Gasteiger partial charge in [0.05, 0.1) is 18.5 Å². The third kappa shape index (κ3) is 3.96. The first-order valence-corrected chi connectivity index (χ1v) is 9.67. The summed E-state index contributed by atoms with van der Waals surface area (Å²) in [6, 6.07) is 11.4. The lowest BCUT2D eigenvalue weighted by atomic mass is 10.1. The fraction of sp³-hybridized carbons (Fsp3) is 0.316. The van der Waals surface area contributed by atoms with Gasteiger partial charge in [-0.2, -0.15) is 0 Å². The van der Waals surface area contributed by atoms with E-state index in [4.69, 9.17) is 28.9 Å². The molecule has 1 aliphatic heterocycles. The molecule has 27 heavy (non-hydrogen) atoms. The van der Waals surface area contributed by atoms with Gasteiger partial charge in [-0.05, 0) is 61.5 Å². The molecule has 0 bridgehead atoms. The summed E-state index contributed by atoms with van der Waals surface area (Å²) in [6.07, 6.45) is 5.02. The van der Waals surface area contributed by atoms with Crippen molar-refractivity contribution in [2.24, 2.45) is 0 Å². The molecular weight excluding hydrogens is 382 g/mol. The lowest BCUT2D eigenvalue weighted by Gasteiger charge is -2.29. The van der Waals surface area contributed by atoms with E-state index in [0.29, 0.717) is 23.0 Å². The Morgan fingerprint density at radius 1 is 1.15 bits per heavy atom. The van der Waals surface area contributed by atoms with Gasteiger partial charge < -0.3 is 5.11 Å². The smallest absolute Gasteiger partial charge is 0.204 e. The first-order valence-electron chi connectivity index (χ1n) is 8.88. The molecule has 1 aliphatic rings. The Morgan fingerprint density at radius 3 is 2.59 bits per heavy atom. The highest BCUT2D eigenvalue weighted by atomic mass is 35.5. The van der Waals surface area contributed by atoms with Crippen LogP contribution in [0.5, 0.6) is 0 Å². The monoisotopic (exact) mass is 401 g/mol. The maximum Gasteiger partial charge on any atom is 0.204 e. The number of benzene rings is 1. The Kier molecular flexibility index (Phi) is 5.36. The van der Waals surface area contributed by atoms with Gasteiger partial charge in [0, 0.05) is 36.1 Å². The van der Waals surface area contributed by atoms with E-state index < -0.39 is 0 Å². The van der Waals surface area contributed by atoms with E-state index in [2.05, 4.69) is 9.88 Å². The van der Waals surface area contributed by atoms with Crippen LogP contribution in [0.2, 0.25) is 5.02 Å². The van der Waals surface area contributed by atoms with Gasteiger partial charge in [0.1, 0.15) is 0 Å². The molecule has 0 radical (unpaired) electrons. The van der Waals surface area contributed by atoms with Crippen molar-refractivity contribution in [1.82, 2.24) is 24.2 Å². The zero-order chi connectivity index (χ0) is 18.8. The van der Waals surface area contributed by atoms with Gasteiger partial charge in [0.25, 0.3) is 0 Å². The molecule has 1 fully saturated rings. The summed E-state index contributed by atoms with van der Waals surface area (Å²) < 4.78 is 4.36. The minimum absolute atomic E-state index is 0.286. The molecule has 1 saturated heterocycles. The molecule has 6 nitrogen and oxygen atoms in total. The highest BCUT2D eigenvalue weighted by Crippen LogP contribution is 2.24. The molecule has 140 valence electrons. The Hall–Kier alpha value is -2.06. The number of aliphatic hydroxyl groups is 1. The highest BCUT2D eigenvalue weighted by Gasteiger charge is 2.20. The number of aromatic nitrogens is 4. The average molecular weight is 402 g/mol. The molecule has 0 saturated carbocycles. The van der Waals surface area contributed by atoms with Crippen LogP contribution < -0.4 is 0 Å². The van der Waals surface area contributed by atoms with Gasteiger partial charge in [-0.15, -0.1) is 5.10 Å². The number of β-amino-alcohol motifs (C(OH)–C–C–N with tert-alkyl or cyclic N) is 1. The SMILES string of the molecule is O[C@@H]1CCCN(Cn2nc(-c3ccncc3)n(-c3ccc(Cl)cc3)c2=S)C1. The normalized spacial score (nSPS) is 17.9. The second kappa shape index (κ2) is 7.90. The zero-order valence-corrected chi connectivity index (χ0v) is 16.3. The van der Waals surface area contributed by atoms with Gasteiger partial charge in [0.15, 0.2) is 5.82 Å². The molecule has 1 atom stereocenters. The van der Waals surface area contributed by atoms with E-state index in [9.17, 15) is 5.11 Å². The van der Waals surface area contributed by atoms with Crippen LogP contribution >= 0.6 is 23.8 Å². The summed E-state index contributed by atoms with van der Waals surface area (Å²) in [6.45, 7) is 2.12. The molecule has 1 N–H and O–H groups in total. The first kappa shape index (κ1) is 18.3. The van der Waals surface area contributed by atoms with Crippen molar-refractivity contribution in [2.75, 3.05) is 13.1 Å². The number of aliphatic hydroxyl groups excluding tert-OH is 1. The predicted octanol–water partition coefficient (Wildman–Crippen LogP) is 3.53. The standard InChI is InChI=1S/C19H20ClN5OS/c20-15-3-5-16(6-4-15)25-18(14-7-9-21-10-8-14)22-24(19(25)27)13-23-11-1-2-17(26)12-23/h3-10,17,26H,1-2,11-13H2/t17-/m1/s1. The van der Waals surface area contributed by atoms with Crippen LogP contribution in [0.25, 0.3) is 17.1 Å². The number of halogens is 1. The summed E-state index contributed by atoms with van der Waals surface area (Å²) in [5, 5.41) is 15.4. The van der Waals surface area contributed by atoms with Crippen molar-refractivity contribution in [1.29, 1.82) is 0 Å². The second-order valence-corrected chi connectivity index (χ2v) is 7.47. The molecule has 0 unspecified atom stereocenters. The van der Waals surface area contributed by atoms with Crippen molar-refractivity contribution in [3.05, 3.63) is 58.6 Å². The minimum Gasteiger partial charge on any atom is -0.392 e. The minimum atomic E-state index is -0.286. The Bertz CT molecular complexity index is 970. The van der Waals surface area contributed by atoms with E-state index in [1.165, 1.54) is 0 Å². The van der Waals surface area contributed by atoms with Crippen LogP contribution in [0.4, 0.5) is 0 Å². The quantitative estimate of drug-likeness (QED) is 0.677. The predicted molar refractivity (Wildman–Crippen MR) is 107 cm³/mol. The number of hydrogen-bond acceptors (Lipinski definition) is 5. The molecule has 4 rings (SSSR count). The van der Waals surface area contributed by atoms with Crippen molar-refractivity contribution in [3.63, 3.8) is 0 Å². The lowest BCUT2D eigenvalue weighted by Crippen LogP contribution is -2.39. The van der Waals surface area contributed by atoms with Crippen molar-refractivity contribution >= 4 is 23.8 Å². The van der Waals surface area contributed by atoms with Gasteiger partial charge in [-0.25, -0.2) is 4.68 Å². The number of nitrogens with zero attached hydrogens (tertiary/aromatic N) is 5. The van der Waals surface area contributed by atoms with Crippen molar-refractivity contribution in [2.45, 2.75) is 25.6 Å². The zero-order valence-electron chi connectivity index (χ0n) is 14.7. The molecule has 0 amide bonds. The third-order valence-corrected chi connectivity index (χ3v) is 5.32. The topological polar surface area (TPSA) is 59.1 Å². The Balaban J connectivity index is 1.77. The third-order valence-electron chi connectivity index (χ3n) is 4.68. The summed E-state index contributed by atoms with van der Waals surface area (Å²) >= 11 is 11.8. The van der Waals surface area contributed by atoms with Crippen LogP contribution in [0.3, 0.4) is 0 Å². The van der Waals surface area contributed by atoms with E-state index in [1.807, 2.05) is 45.6 Å². The number of hydrogen-bond donors (Lipinski definition) is 1. The second-order valence-electron chi connectivity index (χ2n) is 6.67. The molecular formula is C19H20ClN5OS. The van der Waals surface area contributed by atoms with Gasteiger partial charge in [-0.1, -0.05) is 11.6 Å². The largest absolute Gasteiger partial charge is 0.392 e. The summed E-state index contributed by atoms with van der Waals surface area (Å²) in [5.41, 5.74) is 1.84. The summed E-state index contributed by atoms with van der Waals surface area (Å²) in [4.78, 5) is 6.27. The molecule has 0 aliphatic carbocycles. The highest BCUT2D eigenvalue weighted by molar-refractivity contribution is 7.71. The number of piperidine rings is 1. The van der Waals surface area contributed by atoms with Gasteiger partial charge >= 0.3 is 0 Å². The molecule has 0 spiro atoms. The lowest BCUT2D eigenvalue weighted by molar-refractivity contribution is 0.0513. The van der Waals surface area contributed by atoms with Crippen LogP contribution in [0.1, 0.15) is 12.8 Å². The van der Waals surface area contributed by atoms with Crippen molar-refractivity contribution < 1.29 is 5.11 Å². The molecule has 2 aromatic heterocycles. The van der Waals surface area contributed by atoms with Crippen LogP contribution in [-0.2, 0) is 6.67 Å². The van der Waals surface area contributed by atoms with E-state index in [0.717, 1.165) is 36.5 Å². The Labute approximate surface area is 167 Å². The summed E-state index contributed by atoms with van der Waals surface area (Å²) in [5.74, 6) is 0.752. The molecule has 8 heteroatoms. The van der Waals surface area contributed by atoms with Crippen LogP contribution in [0, 0.1) is 4.77 Å². The van der Waals surface area contributed by atoms with Crippen LogP contribution in [-0.4, -0.2) is 48.5 Å². The van der Waals surface area contributed by atoms with E-state index >= 15 is 0 Å². The number of likely N-dealkylation sites (tertiary alicyclic amines) is 1. The van der Waals surface area contributed by atoms with E-state index in [1.54, 1.807) is 12.4 Å². The van der Waals surface area contributed by atoms with Gasteiger partial charge in [0.2, 0.25) is 4.77 Å². The fourth-order valence-corrected chi connectivity index (χ4v) is 3.78. The van der Waals surface area contributed by atoms with Gasteiger partial charge in [-0.3, -0.25) is 14.5 Å². The molecule has 3 heterocycles. The average Bonchev–Trinajstić information content (AvgIpc) is 3.00. The number of pyridine rings is 1. The maximum atomic E-state index is 9.95. The number of rotatable bonds is 4.